The van der Waals surface area contributed by atoms with Crippen LogP contribution < -0.4 is 16.4 Å². The predicted octanol–water partition coefficient (Wildman–Crippen LogP) is -2.40. The molecule has 0 radical (unpaired) electrons. The van der Waals surface area contributed by atoms with Crippen LogP contribution in [0.4, 0.5) is 4.79 Å². The molecule has 15 heavy (non-hydrogen) atoms. The first-order chi connectivity index (χ1) is 6.88. The number of carbonyl (C=O) groups is 3. The molecular formula is C7H13N3O5. The van der Waals surface area contributed by atoms with Gasteiger partial charge in [-0.1, -0.05) is 0 Å². The van der Waals surface area contributed by atoms with Crippen molar-refractivity contribution in [1.29, 1.82) is 0 Å². The molecule has 0 rings (SSSR count). The zero-order valence-corrected chi connectivity index (χ0v) is 8.06. The highest BCUT2D eigenvalue weighted by molar-refractivity contribution is 5.87. The molecule has 2 atom stereocenters. The lowest BCUT2D eigenvalue weighted by molar-refractivity contribution is -0.140. The predicted molar refractivity (Wildman–Crippen MR) is 48.8 cm³/mol. The Hall–Kier alpha value is -1.83. The summed E-state index contributed by atoms with van der Waals surface area (Å²) in [6, 6.07) is -3.22. The van der Waals surface area contributed by atoms with Crippen LogP contribution in [-0.4, -0.2) is 46.8 Å². The van der Waals surface area contributed by atoms with E-state index in [1.807, 2.05) is 5.32 Å². The average molecular weight is 219 g/mol. The van der Waals surface area contributed by atoms with Crippen LogP contribution in [0.15, 0.2) is 0 Å². The summed E-state index contributed by atoms with van der Waals surface area (Å²) >= 11 is 0. The van der Waals surface area contributed by atoms with E-state index in [2.05, 4.69) is 5.32 Å². The number of primary amides is 1. The number of nitrogens with one attached hydrogen (secondary N) is 2. The van der Waals surface area contributed by atoms with Crippen molar-refractivity contribution < 1.29 is 24.6 Å². The van der Waals surface area contributed by atoms with E-state index < -0.39 is 36.6 Å². The molecule has 0 aromatic rings. The fraction of sp³-hybridized carbons (Fsp3) is 0.571. The van der Waals surface area contributed by atoms with Crippen LogP contribution in [0.5, 0.6) is 0 Å². The molecule has 0 aliphatic carbocycles. The van der Waals surface area contributed by atoms with Crippen molar-refractivity contribution in [2.24, 2.45) is 5.73 Å². The molecule has 0 fully saturated rings. The molecule has 0 heterocycles. The Bertz CT molecular complexity index is 267. The molecule has 8 heteroatoms. The van der Waals surface area contributed by atoms with Crippen LogP contribution >= 0.6 is 0 Å². The monoisotopic (exact) mass is 219 g/mol. The number of aliphatic carboxylic acids is 1. The summed E-state index contributed by atoms with van der Waals surface area (Å²) in [6.07, 6.45) is 0. The van der Waals surface area contributed by atoms with Gasteiger partial charge in [0.25, 0.3) is 0 Å². The van der Waals surface area contributed by atoms with Gasteiger partial charge in [-0.2, -0.15) is 0 Å². The van der Waals surface area contributed by atoms with E-state index in [-0.39, 0.29) is 0 Å². The van der Waals surface area contributed by atoms with Gasteiger partial charge in [0.15, 0.2) is 6.04 Å². The van der Waals surface area contributed by atoms with Crippen molar-refractivity contribution in [3.63, 3.8) is 0 Å². The largest absolute Gasteiger partial charge is 0.480 e. The molecule has 0 saturated carbocycles. The van der Waals surface area contributed by atoms with Gasteiger partial charge < -0.3 is 26.6 Å². The summed E-state index contributed by atoms with van der Waals surface area (Å²) in [4.78, 5) is 32.0. The summed E-state index contributed by atoms with van der Waals surface area (Å²) in [6.45, 7) is 0.602. The Balaban J connectivity index is 4.13. The fourth-order valence-electron chi connectivity index (χ4n) is 0.653. The van der Waals surface area contributed by atoms with Crippen LogP contribution in [-0.2, 0) is 9.59 Å². The van der Waals surface area contributed by atoms with Crippen molar-refractivity contribution in [3.8, 4) is 0 Å². The van der Waals surface area contributed by atoms with Crippen molar-refractivity contribution in [1.82, 2.24) is 10.6 Å². The lowest BCUT2D eigenvalue weighted by Crippen LogP contribution is -2.52. The Kier molecular flexibility index (Phi) is 5.10. The summed E-state index contributed by atoms with van der Waals surface area (Å²) in [5.41, 5.74) is 4.86. The third-order valence-corrected chi connectivity index (χ3v) is 1.56. The minimum absolute atomic E-state index is 0.742. The molecule has 86 valence electrons. The Morgan fingerprint density at radius 2 is 1.87 bits per heavy atom. The first-order valence-electron chi connectivity index (χ1n) is 4.08. The quantitative estimate of drug-likeness (QED) is 0.350. The van der Waals surface area contributed by atoms with Gasteiger partial charge in [0.05, 0.1) is 6.61 Å². The minimum atomic E-state index is -1.41. The van der Waals surface area contributed by atoms with E-state index in [4.69, 9.17) is 15.9 Å². The summed E-state index contributed by atoms with van der Waals surface area (Å²) in [5.74, 6) is -2.12. The number of aliphatic hydroxyl groups excluding tert-OH is 1. The number of aliphatic hydroxyl groups is 1. The number of nitrogens with two attached hydrogens (primary N) is 1. The maximum Gasteiger partial charge on any atom is 0.328 e. The van der Waals surface area contributed by atoms with Gasteiger partial charge in [-0.05, 0) is 6.92 Å². The number of rotatable bonds is 5. The number of amides is 3. The van der Waals surface area contributed by atoms with Crippen LogP contribution in [0, 0.1) is 0 Å². The van der Waals surface area contributed by atoms with Crippen LogP contribution in [0.1, 0.15) is 6.92 Å². The minimum Gasteiger partial charge on any atom is -0.480 e. The molecule has 0 spiro atoms. The maximum absolute atomic E-state index is 11.0. The molecule has 0 aliphatic heterocycles. The Morgan fingerprint density at radius 1 is 1.33 bits per heavy atom. The first kappa shape index (κ1) is 13.2. The topological polar surface area (TPSA) is 142 Å². The van der Waals surface area contributed by atoms with Gasteiger partial charge in [0.2, 0.25) is 5.91 Å². The molecule has 0 aliphatic rings. The summed E-state index contributed by atoms with van der Waals surface area (Å²) in [5, 5.41) is 21.1. The number of hydrogen-bond acceptors (Lipinski definition) is 4. The average Bonchev–Trinajstić information content (AvgIpc) is 2.13. The van der Waals surface area contributed by atoms with E-state index >= 15 is 0 Å². The van der Waals surface area contributed by atoms with E-state index in [0.717, 1.165) is 0 Å². The second-order valence-electron chi connectivity index (χ2n) is 2.82. The number of carboxylic acids is 1. The molecule has 6 N–H and O–H groups in total. The zero-order chi connectivity index (χ0) is 12.0. The van der Waals surface area contributed by atoms with E-state index in [9.17, 15) is 14.4 Å². The molecule has 3 amide bonds. The lowest BCUT2D eigenvalue weighted by Gasteiger charge is -2.14. The SMILES string of the molecule is CC(NC(=O)NC(CO)C(=O)O)C(N)=O. The van der Waals surface area contributed by atoms with Crippen LogP contribution in [0.3, 0.4) is 0 Å². The van der Waals surface area contributed by atoms with Gasteiger partial charge in [-0.15, -0.1) is 0 Å². The second kappa shape index (κ2) is 5.81. The van der Waals surface area contributed by atoms with E-state index in [1.54, 1.807) is 0 Å². The first-order valence-corrected chi connectivity index (χ1v) is 4.08. The fourth-order valence-corrected chi connectivity index (χ4v) is 0.653. The van der Waals surface area contributed by atoms with Gasteiger partial charge in [0, 0.05) is 0 Å². The maximum atomic E-state index is 11.0. The highest BCUT2D eigenvalue weighted by atomic mass is 16.4. The van der Waals surface area contributed by atoms with Crippen molar-refractivity contribution >= 4 is 17.9 Å². The number of carbonyl (C=O) groups excluding carboxylic acids is 2. The van der Waals surface area contributed by atoms with Gasteiger partial charge >= 0.3 is 12.0 Å². The third-order valence-electron chi connectivity index (χ3n) is 1.56. The molecule has 0 aromatic heterocycles. The molecule has 0 aromatic carbocycles. The smallest absolute Gasteiger partial charge is 0.328 e. The molecule has 0 bridgehead atoms. The zero-order valence-electron chi connectivity index (χ0n) is 8.06. The highest BCUT2D eigenvalue weighted by Gasteiger charge is 2.20. The van der Waals surface area contributed by atoms with Crippen molar-refractivity contribution in [2.45, 2.75) is 19.0 Å². The summed E-state index contributed by atoms with van der Waals surface area (Å²) in [7, 11) is 0. The normalized spacial score (nSPS) is 13.7. The van der Waals surface area contributed by atoms with Crippen LogP contribution in [0.25, 0.3) is 0 Å². The number of carboxylic acid groups (broad SMARTS) is 1. The third kappa shape index (κ3) is 4.81. The molecule has 0 saturated heterocycles. The Morgan fingerprint density at radius 3 is 2.20 bits per heavy atom. The van der Waals surface area contributed by atoms with E-state index in [0.29, 0.717) is 0 Å². The standard InChI is InChI=1S/C7H13N3O5/c1-3(5(8)12)9-7(15)10-4(2-11)6(13)14/h3-4,11H,2H2,1H3,(H2,8,12)(H,13,14)(H2,9,10,15). The summed E-state index contributed by atoms with van der Waals surface area (Å²) < 4.78 is 0. The molecule has 8 nitrogen and oxygen atoms in total. The van der Waals surface area contributed by atoms with Crippen molar-refractivity contribution in [3.05, 3.63) is 0 Å². The molecular weight excluding hydrogens is 206 g/mol. The second-order valence-corrected chi connectivity index (χ2v) is 2.82. The van der Waals surface area contributed by atoms with Gasteiger partial charge in [0.1, 0.15) is 6.04 Å². The Labute approximate surface area is 85.4 Å². The lowest BCUT2D eigenvalue weighted by atomic mass is 10.3. The number of hydrogen-bond donors (Lipinski definition) is 5. The van der Waals surface area contributed by atoms with Crippen molar-refractivity contribution in [2.75, 3.05) is 6.61 Å². The van der Waals surface area contributed by atoms with E-state index in [1.165, 1.54) is 6.92 Å². The highest BCUT2D eigenvalue weighted by Crippen LogP contribution is 1.84. The van der Waals surface area contributed by atoms with Gasteiger partial charge in [-0.3, -0.25) is 4.79 Å². The van der Waals surface area contributed by atoms with Crippen LogP contribution in [0.2, 0.25) is 0 Å². The molecule has 2 unspecified atom stereocenters. The van der Waals surface area contributed by atoms with Gasteiger partial charge in [-0.25, -0.2) is 9.59 Å². The number of urea groups is 1.